The Labute approximate surface area is 195 Å². The van der Waals surface area contributed by atoms with Gasteiger partial charge in [0.05, 0.1) is 29.1 Å². The first kappa shape index (κ1) is 23.8. The summed E-state index contributed by atoms with van der Waals surface area (Å²) in [5.74, 6) is -0.131. The minimum absolute atomic E-state index is 0.0872. The number of nitrogens with one attached hydrogen (secondary N) is 1. The van der Waals surface area contributed by atoms with Crippen LogP contribution in [0, 0.1) is 11.3 Å². The monoisotopic (exact) mass is 470 g/mol. The second-order valence-corrected chi connectivity index (χ2v) is 8.31. The maximum atomic E-state index is 13.0. The number of ether oxygens (including phenoxy) is 1. The van der Waals surface area contributed by atoms with Gasteiger partial charge in [-0.25, -0.2) is 4.98 Å². The molecule has 0 fully saturated rings. The molecule has 0 atom stereocenters. The van der Waals surface area contributed by atoms with Crippen LogP contribution < -0.4 is 10.9 Å². The van der Waals surface area contributed by atoms with Crippen molar-refractivity contribution in [3.05, 3.63) is 63.4 Å². The summed E-state index contributed by atoms with van der Waals surface area (Å²) < 4.78 is 6.97. The fraction of sp³-hybridized carbons (Fsp3) is 0.304. The SMILES string of the molecule is CCOCCCn1c(SCC(=O)Nc2ccc(CC#N)cc2)nc2cc(Cl)ccc2c1=O. The van der Waals surface area contributed by atoms with Crippen LogP contribution in [0.4, 0.5) is 5.69 Å². The number of thioether (sulfide) groups is 1. The highest BCUT2D eigenvalue weighted by molar-refractivity contribution is 7.99. The van der Waals surface area contributed by atoms with E-state index in [1.807, 2.05) is 6.92 Å². The van der Waals surface area contributed by atoms with Crippen molar-refractivity contribution < 1.29 is 9.53 Å². The number of hydrogen-bond donors (Lipinski definition) is 1. The van der Waals surface area contributed by atoms with E-state index in [9.17, 15) is 9.59 Å². The minimum atomic E-state index is -0.218. The normalized spacial score (nSPS) is 10.8. The lowest BCUT2D eigenvalue weighted by Crippen LogP contribution is -2.25. The largest absolute Gasteiger partial charge is 0.382 e. The molecule has 0 saturated heterocycles. The Balaban J connectivity index is 1.75. The van der Waals surface area contributed by atoms with Crippen molar-refractivity contribution in [1.82, 2.24) is 9.55 Å². The first-order valence-corrected chi connectivity index (χ1v) is 11.5. The number of carbonyl (C=O) groups is 1. The Morgan fingerprint density at radius 3 is 2.78 bits per heavy atom. The van der Waals surface area contributed by atoms with E-state index in [2.05, 4.69) is 16.4 Å². The van der Waals surface area contributed by atoms with Gasteiger partial charge >= 0.3 is 0 Å². The first-order chi connectivity index (χ1) is 15.5. The van der Waals surface area contributed by atoms with E-state index in [0.29, 0.717) is 59.4 Å². The molecule has 32 heavy (non-hydrogen) atoms. The lowest BCUT2D eigenvalue weighted by molar-refractivity contribution is -0.113. The molecule has 0 saturated carbocycles. The molecule has 3 aromatic rings. The number of benzene rings is 2. The summed E-state index contributed by atoms with van der Waals surface area (Å²) in [4.78, 5) is 30.1. The van der Waals surface area contributed by atoms with Crippen LogP contribution in [-0.4, -0.2) is 34.4 Å². The molecule has 0 spiro atoms. The van der Waals surface area contributed by atoms with Gasteiger partial charge in [0.2, 0.25) is 5.91 Å². The number of carbonyl (C=O) groups excluding carboxylic acids is 1. The number of aromatic nitrogens is 2. The molecule has 1 N–H and O–H groups in total. The number of fused-ring (bicyclic) bond motifs is 1. The fourth-order valence-electron chi connectivity index (χ4n) is 3.07. The highest BCUT2D eigenvalue weighted by Crippen LogP contribution is 2.21. The standard InChI is InChI=1S/C23H23ClN4O3S/c1-2-31-13-3-12-28-22(30)19-9-6-17(24)14-20(19)27-23(28)32-15-21(29)26-18-7-4-16(5-8-18)10-11-25/h4-9,14H,2-3,10,12-13,15H2,1H3,(H,26,29). The van der Waals surface area contributed by atoms with Gasteiger partial charge in [-0.15, -0.1) is 0 Å². The third-order valence-electron chi connectivity index (χ3n) is 4.61. The second kappa shape index (κ2) is 11.7. The number of nitrogens with zero attached hydrogens (tertiary/aromatic N) is 3. The molecule has 0 radical (unpaired) electrons. The van der Waals surface area contributed by atoms with Crippen LogP contribution in [0.2, 0.25) is 5.02 Å². The van der Waals surface area contributed by atoms with Gasteiger partial charge in [-0.05, 0) is 49.2 Å². The molecule has 2 aromatic carbocycles. The third-order valence-corrected chi connectivity index (χ3v) is 5.82. The summed E-state index contributed by atoms with van der Waals surface area (Å²) in [7, 11) is 0. The van der Waals surface area contributed by atoms with Gasteiger partial charge < -0.3 is 10.1 Å². The zero-order chi connectivity index (χ0) is 22.9. The lowest BCUT2D eigenvalue weighted by atomic mass is 10.1. The Kier molecular flexibility index (Phi) is 8.68. The molecule has 0 bridgehead atoms. The van der Waals surface area contributed by atoms with E-state index in [0.717, 1.165) is 5.56 Å². The second-order valence-electron chi connectivity index (χ2n) is 6.93. The Morgan fingerprint density at radius 2 is 2.06 bits per heavy atom. The van der Waals surface area contributed by atoms with Gasteiger partial charge in [-0.3, -0.25) is 14.2 Å². The van der Waals surface area contributed by atoms with Crippen LogP contribution in [-0.2, 0) is 22.5 Å². The van der Waals surface area contributed by atoms with E-state index in [4.69, 9.17) is 21.6 Å². The summed E-state index contributed by atoms with van der Waals surface area (Å²) in [6, 6.07) is 14.2. The Bertz CT molecular complexity index is 1190. The van der Waals surface area contributed by atoms with Crippen LogP contribution in [0.5, 0.6) is 0 Å². The predicted molar refractivity (Wildman–Crippen MR) is 127 cm³/mol. The zero-order valence-electron chi connectivity index (χ0n) is 17.6. The van der Waals surface area contributed by atoms with Crippen LogP contribution >= 0.6 is 23.4 Å². The maximum absolute atomic E-state index is 13.0. The van der Waals surface area contributed by atoms with Crippen LogP contribution in [0.25, 0.3) is 10.9 Å². The average Bonchev–Trinajstić information content (AvgIpc) is 2.78. The van der Waals surface area contributed by atoms with Crippen LogP contribution in [0.1, 0.15) is 18.9 Å². The smallest absolute Gasteiger partial charge is 0.262 e. The van der Waals surface area contributed by atoms with E-state index >= 15 is 0 Å². The maximum Gasteiger partial charge on any atom is 0.262 e. The van der Waals surface area contributed by atoms with Gasteiger partial charge in [0.1, 0.15) is 0 Å². The highest BCUT2D eigenvalue weighted by Gasteiger charge is 2.14. The van der Waals surface area contributed by atoms with Crippen molar-refractivity contribution in [2.45, 2.75) is 31.5 Å². The molecule has 1 heterocycles. The molecule has 0 unspecified atom stereocenters. The van der Waals surface area contributed by atoms with E-state index in [1.165, 1.54) is 11.8 Å². The lowest BCUT2D eigenvalue weighted by Gasteiger charge is -2.13. The highest BCUT2D eigenvalue weighted by atomic mass is 35.5. The Morgan fingerprint density at radius 1 is 1.28 bits per heavy atom. The van der Waals surface area contributed by atoms with E-state index < -0.39 is 0 Å². The molecule has 166 valence electrons. The molecule has 3 rings (SSSR count). The molecule has 0 aliphatic heterocycles. The van der Waals surface area contributed by atoms with E-state index in [1.54, 1.807) is 47.0 Å². The minimum Gasteiger partial charge on any atom is -0.382 e. The van der Waals surface area contributed by atoms with Crippen molar-refractivity contribution >= 4 is 45.9 Å². The summed E-state index contributed by atoms with van der Waals surface area (Å²) in [6.07, 6.45) is 0.978. The molecule has 0 aliphatic rings. The van der Waals surface area contributed by atoms with Crippen molar-refractivity contribution in [2.24, 2.45) is 0 Å². The molecule has 0 aliphatic carbocycles. The van der Waals surface area contributed by atoms with Crippen molar-refractivity contribution in [3.8, 4) is 6.07 Å². The first-order valence-electron chi connectivity index (χ1n) is 10.2. The predicted octanol–water partition coefficient (Wildman–Crippen LogP) is 4.27. The van der Waals surface area contributed by atoms with Gasteiger partial charge in [0.25, 0.3) is 5.56 Å². The van der Waals surface area contributed by atoms with Gasteiger partial charge in [-0.1, -0.05) is 35.5 Å². The molecule has 1 amide bonds. The number of halogens is 1. The topological polar surface area (TPSA) is 97.0 Å². The molecular formula is C23H23ClN4O3S. The summed E-state index contributed by atoms with van der Waals surface area (Å²) in [5, 5.41) is 13.0. The number of anilines is 1. The Hall–Kier alpha value is -2.86. The van der Waals surface area contributed by atoms with Crippen LogP contribution in [0.15, 0.2) is 52.4 Å². The molecule has 1 aromatic heterocycles. The molecule has 7 nitrogen and oxygen atoms in total. The quantitative estimate of drug-likeness (QED) is 0.270. The van der Waals surface area contributed by atoms with Crippen LogP contribution in [0.3, 0.4) is 0 Å². The van der Waals surface area contributed by atoms with Crippen molar-refractivity contribution in [2.75, 3.05) is 24.3 Å². The third kappa shape index (κ3) is 6.33. The fourth-order valence-corrected chi connectivity index (χ4v) is 4.07. The zero-order valence-corrected chi connectivity index (χ0v) is 19.2. The average molecular weight is 471 g/mol. The molecule has 9 heteroatoms. The number of rotatable bonds is 10. The summed E-state index contributed by atoms with van der Waals surface area (Å²) in [5.41, 5.74) is 1.86. The summed E-state index contributed by atoms with van der Waals surface area (Å²) in [6.45, 7) is 3.51. The number of nitriles is 1. The number of amides is 1. The van der Waals surface area contributed by atoms with Gasteiger partial charge in [-0.2, -0.15) is 5.26 Å². The summed E-state index contributed by atoms with van der Waals surface area (Å²) >= 11 is 7.27. The molecular weight excluding hydrogens is 448 g/mol. The van der Waals surface area contributed by atoms with Crippen molar-refractivity contribution in [3.63, 3.8) is 0 Å². The van der Waals surface area contributed by atoms with Gasteiger partial charge in [0, 0.05) is 30.5 Å². The van der Waals surface area contributed by atoms with Gasteiger partial charge in [0.15, 0.2) is 5.16 Å². The number of hydrogen-bond acceptors (Lipinski definition) is 6. The van der Waals surface area contributed by atoms with Crippen molar-refractivity contribution in [1.29, 1.82) is 5.26 Å². The van der Waals surface area contributed by atoms with E-state index in [-0.39, 0.29) is 17.2 Å².